The molecule has 1 aliphatic heterocycles. The molecule has 0 bridgehead atoms. The van der Waals surface area contributed by atoms with Crippen molar-refractivity contribution >= 4 is 29.5 Å². The predicted octanol–water partition coefficient (Wildman–Crippen LogP) is 1.64. The second kappa shape index (κ2) is 4.51. The molecule has 1 aliphatic rings. The van der Waals surface area contributed by atoms with Crippen LogP contribution in [-0.4, -0.2) is 39.6 Å². The topological polar surface area (TPSA) is 56.3 Å². The fraction of sp³-hybridized carbons (Fsp3) is 0.636. The van der Waals surface area contributed by atoms with Gasteiger partial charge in [-0.1, -0.05) is 0 Å². The summed E-state index contributed by atoms with van der Waals surface area (Å²) in [5, 5.41) is 9.82. The Morgan fingerprint density at radius 2 is 2.41 bits per heavy atom. The number of rotatable bonds is 2. The van der Waals surface area contributed by atoms with Crippen LogP contribution in [0, 0.1) is 10.9 Å². The van der Waals surface area contributed by atoms with Crippen molar-refractivity contribution in [2.45, 2.75) is 32.3 Å². The maximum atomic E-state index is 12.0. The van der Waals surface area contributed by atoms with E-state index < -0.39 is 5.60 Å². The van der Waals surface area contributed by atoms with Crippen molar-refractivity contribution in [2.24, 2.45) is 0 Å². The van der Waals surface area contributed by atoms with E-state index >= 15 is 0 Å². The third-order valence-corrected chi connectivity index (χ3v) is 4.38. The lowest BCUT2D eigenvalue weighted by Crippen LogP contribution is -2.34. The lowest BCUT2D eigenvalue weighted by Gasteiger charge is -2.18. The highest BCUT2D eigenvalue weighted by Crippen LogP contribution is 2.22. The Morgan fingerprint density at radius 3 is 2.88 bits per heavy atom. The van der Waals surface area contributed by atoms with Gasteiger partial charge in [-0.2, -0.15) is 0 Å². The third-order valence-electron chi connectivity index (χ3n) is 3.04. The van der Waals surface area contributed by atoms with Gasteiger partial charge >= 0.3 is 0 Å². The smallest absolute Gasteiger partial charge is 0.227 e. The largest absolute Gasteiger partial charge is 0.388 e. The normalized spacial score (nSPS) is 24.3. The Bertz CT molecular complexity index is 490. The van der Waals surface area contributed by atoms with Crippen LogP contribution >= 0.6 is 23.6 Å². The van der Waals surface area contributed by atoms with Gasteiger partial charge in [0.15, 0.2) is 3.95 Å². The Labute approximate surface area is 109 Å². The van der Waals surface area contributed by atoms with Crippen molar-refractivity contribution in [1.29, 1.82) is 0 Å². The molecule has 1 fully saturated rings. The zero-order valence-electron chi connectivity index (χ0n) is 9.95. The van der Waals surface area contributed by atoms with E-state index in [1.54, 1.807) is 11.8 Å². The molecule has 1 aromatic rings. The number of aryl methyl sites for hydroxylation is 1. The van der Waals surface area contributed by atoms with Crippen LogP contribution in [0.3, 0.4) is 0 Å². The number of nitrogens with zero attached hydrogens (tertiary/aromatic N) is 1. The average molecular weight is 272 g/mol. The zero-order valence-corrected chi connectivity index (χ0v) is 11.6. The third kappa shape index (κ3) is 2.94. The molecule has 1 saturated heterocycles. The second-order valence-electron chi connectivity index (χ2n) is 4.80. The first-order chi connectivity index (χ1) is 7.87. The molecule has 2 heterocycles. The van der Waals surface area contributed by atoms with Gasteiger partial charge in [0, 0.05) is 23.7 Å². The monoisotopic (exact) mass is 272 g/mol. The van der Waals surface area contributed by atoms with Crippen LogP contribution in [0.1, 0.15) is 23.9 Å². The fourth-order valence-electron chi connectivity index (χ4n) is 2.01. The van der Waals surface area contributed by atoms with Crippen molar-refractivity contribution in [2.75, 3.05) is 13.1 Å². The van der Waals surface area contributed by atoms with E-state index in [1.807, 2.05) is 6.92 Å². The number of likely N-dealkylation sites (tertiary alicyclic amines) is 1. The van der Waals surface area contributed by atoms with Gasteiger partial charge in [0.05, 0.1) is 12.0 Å². The molecular weight excluding hydrogens is 256 g/mol. The van der Waals surface area contributed by atoms with Crippen LogP contribution < -0.4 is 0 Å². The summed E-state index contributed by atoms with van der Waals surface area (Å²) in [5.41, 5.74) is 0.245. The van der Waals surface area contributed by atoms with Gasteiger partial charge in [0.1, 0.15) is 0 Å². The zero-order chi connectivity index (χ0) is 12.6. The highest BCUT2D eigenvalue weighted by molar-refractivity contribution is 7.73. The number of thiazole rings is 1. The molecular formula is C11H16N2O2S2. The summed E-state index contributed by atoms with van der Waals surface area (Å²) >= 11 is 6.49. The first-order valence-corrected chi connectivity index (χ1v) is 6.79. The minimum Gasteiger partial charge on any atom is -0.388 e. The Balaban J connectivity index is 2.03. The highest BCUT2D eigenvalue weighted by Gasteiger charge is 2.33. The number of carbonyl (C=O) groups is 1. The lowest BCUT2D eigenvalue weighted by atomic mass is 10.1. The van der Waals surface area contributed by atoms with Gasteiger partial charge in [-0.3, -0.25) is 4.79 Å². The number of aromatic nitrogens is 1. The Hall–Kier alpha value is -0.720. The van der Waals surface area contributed by atoms with Crippen LogP contribution in [-0.2, 0) is 11.2 Å². The molecule has 0 spiro atoms. The number of H-pyrrole nitrogens is 1. The SMILES string of the molecule is Cc1[nH]c(=S)sc1CC(=O)N1CCC(C)(O)C1. The number of carbonyl (C=O) groups excluding carboxylic acids is 1. The Kier molecular flexibility index (Phi) is 3.38. The number of aliphatic hydroxyl groups is 1. The summed E-state index contributed by atoms with van der Waals surface area (Å²) in [6, 6.07) is 0. The molecule has 4 nitrogen and oxygen atoms in total. The molecule has 1 atom stereocenters. The molecule has 1 unspecified atom stereocenters. The van der Waals surface area contributed by atoms with E-state index in [0.717, 1.165) is 10.6 Å². The molecule has 2 N–H and O–H groups in total. The van der Waals surface area contributed by atoms with Gasteiger partial charge in [0.25, 0.3) is 0 Å². The van der Waals surface area contributed by atoms with Crippen molar-refractivity contribution in [3.63, 3.8) is 0 Å². The number of amides is 1. The summed E-state index contributed by atoms with van der Waals surface area (Å²) < 4.78 is 0.707. The number of hydrogen-bond donors (Lipinski definition) is 2. The minimum absolute atomic E-state index is 0.0659. The Morgan fingerprint density at radius 1 is 1.71 bits per heavy atom. The molecule has 0 radical (unpaired) electrons. The highest BCUT2D eigenvalue weighted by atomic mass is 32.1. The molecule has 0 aliphatic carbocycles. The van der Waals surface area contributed by atoms with Gasteiger partial charge in [-0.15, -0.1) is 11.3 Å². The summed E-state index contributed by atoms with van der Waals surface area (Å²) in [5.74, 6) is 0.0659. The molecule has 2 rings (SSSR count). The summed E-state index contributed by atoms with van der Waals surface area (Å²) in [6.45, 7) is 4.77. The molecule has 0 aromatic carbocycles. The molecule has 17 heavy (non-hydrogen) atoms. The maximum Gasteiger partial charge on any atom is 0.227 e. The molecule has 1 aromatic heterocycles. The first-order valence-electron chi connectivity index (χ1n) is 5.56. The second-order valence-corrected chi connectivity index (χ2v) is 6.57. The van der Waals surface area contributed by atoms with Gasteiger partial charge < -0.3 is 15.0 Å². The van der Waals surface area contributed by atoms with Crippen LogP contribution in [0.15, 0.2) is 0 Å². The van der Waals surface area contributed by atoms with Crippen LogP contribution in [0.4, 0.5) is 0 Å². The fourth-order valence-corrected chi connectivity index (χ4v) is 3.30. The van der Waals surface area contributed by atoms with E-state index in [4.69, 9.17) is 12.2 Å². The average Bonchev–Trinajstić information content (AvgIpc) is 2.70. The predicted molar refractivity (Wildman–Crippen MR) is 69.8 cm³/mol. The van der Waals surface area contributed by atoms with Crippen molar-refractivity contribution in [3.05, 3.63) is 14.5 Å². The van der Waals surface area contributed by atoms with E-state index in [1.165, 1.54) is 11.3 Å². The van der Waals surface area contributed by atoms with Crippen molar-refractivity contribution in [3.8, 4) is 0 Å². The number of β-amino-alcohol motifs (C(OH)–C–C–N with tert-alkyl or cyclic N) is 1. The maximum absolute atomic E-state index is 12.0. The molecule has 1 amide bonds. The van der Waals surface area contributed by atoms with E-state index in [9.17, 15) is 9.90 Å². The van der Waals surface area contributed by atoms with Crippen molar-refractivity contribution < 1.29 is 9.90 Å². The summed E-state index contributed by atoms with van der Waals surface area (Å²) in [7, 11) is 0. The molecule has 0 saturated carbocycles. The quantitative estimate of drug-likeness (QED) is 0.805. The van der Waals surface area contributed by atoms with Crippen LogP contribution in [0.2, 0.25) is 0 Å². The van der Waals surface area contributed by atoms with E-state index in [-0.39, 0.29) is 5.91 Å². The van der Waals surface area contributed by atoms with Crippen LogP contribution in [0.5, 0.6) is 0 Å². The van der Waals surface area contributed by atoms with Crippen LogP contribution in [0.25, 0.3) is 0 Å². The number of hydrogen-bond acceptors (Lipinski definition) is 4. The molecule has 94 valence electrons. The summed E-state index contributed by atoms with van der Waals surface area (Å²) in [6.07, 6.45) is 1.03. The summed E-state index contributed by atoms with van der Waals surface area (Å²) in [4.78, 5) is 17.8. The van der Waals surface area contributed by atoms with E-state index in [0.29, 0.717) is 29.9 Å². The minimum atomic E-state index is -0.727. The first kappa shape index (κ1) is 12.7. The molecule has 6 heteroatoms. The van der Waals surface area contributed by atoms with Gasteiger partial charge in [-0.05, 0) is 32.5 Å². The number of nitrogens with one attached hydrogen (secondary N) is 1. The standard InChI is InChI=1S/C11H16N2O2S2/c1-7-8(17-10(16)12-7)5-9(14)13-4-3-11(2,15)6-13/h15H,3-6H2,1-2H3,(H,12,16). The number of aromatic amines is 1. The van der Waals surface area contributed by atoms with Crippen molar-refractivity contribution in [1.82, 2.24) is 9.88 Å². The van der Waals surface area contributed by atoms with Gasteiger partial charge in [-0.25, -0.2) is 0 Å². The van der Waals surface area contributed by atoms with E-state index in [2.05, 4.69) is 4.98 Å². The lowest BCUT2D eigenvalue weighted by molar-refractivity contribution is -0.130. The van der Waals surface area contributed by atoms with Gasteiger partial charge in [0.2, 0.25) is 5.91 Å².